The monoisotopic (exact) mass is 697 g/mol. The maximum absolute atomic E-state index is 11.5. The molecule has 0 saturated carbocycles. The van der Waals surface area contributed by atoms with Crippen LogP contribution in [0.2, 0.25) is 10.0 Å². The Bertz CT molecular complexity index is 2030. The van der Waals surface area contributed by atoms with Gasteiger partial charge in [-0.2, -0.15) is 0 Å². The highest BCUT2D eigenvalue weighted by molar-refractivity contribution is 6.39. The summed E-state index contributed by atoms with van der Waals surface area (Å²) in [4.78, 5) is 32.4. The SMILES string of the molecule is COc1nc(-c2cccc(-c3cccc(-c4ccc5ncc(CNC[C@H]6CCC(=O)N6)n5c4)c3Cl)c2Cl)ccc1CNC[C@H]1CCC(=O)N1. The summed E-state index contributed by atoms with van der Waals surface area (Å²) in [7, 11) is 1.61. The maximum atomic E-state index is 11.5. The van der Waals surface area contributed by atoms with E-state index in [0.717, 1.165) is 57.6 Å². The van der Waals surface area contributed by atoms with Gasteiger partial charge in [0.05, 0.1) is 34.7 Å². The molecule has 5 heterocycles. The first-order valence-electron chi connectivity index (χ1n) is 16.5. The number of imidazole rings is 1. The third kappa shape index (κ3) is 7.14. The van der Waals surface area contributed by atoms with Crippen LogP contribution in [0.4, 0.5) is 0 Å². The number of carbonyl (C=O) groups excluding carboxylic acids is 2. The van der Waals surface area contributed by atoms with Crippen molar-refractivity contribution in [1.82, 2.24) is 35.6 Å². The third-order valence-electron chi connectivity index (χ3n) is 9.16. The van der Waals surface area contributed by atoms with Crippen LogP contribution in [-0.2, 0) is 22.7 Å². The van der Waals surface area contributed by atoms with Gasteiger partial charge in [-0.05, 0) is 36.6 Å². The van der Waals surface area contributed by atoms with E-state index in [1.165, 1.54) is 0 Å². The first-order chi connectivity index (χ1) is 23.9. The molecule has 2 aromatic carbocycles. The number of benzene rings is 2. The topological polar surface area (TPSA) is 122 Å². The van der Waals surface area contributed by atoms with E-state index in [1.807, 2.05) is 66.9 Å². The normalized spacial score (nSPS) is 17.4. The molecule has 0 aliphatic carbocycles. The summed E-state index contributed by atoms with van der Waals surface area (Å²) in [6.07, 6.45) is 6.77. The van der Waals surface area contributed by atoms with Gasteiger partial charge in [-0.3, -0.25) is 9.59 Å². The number of nitrogens with zero attached hydrogens (tertiary/aromatic N) is 3. The number of nitrogens with one attached hydrogen (secondary N) is 4. The molecule has 12 heteroatoms. The van der Waals surface area contributed by atoms with E-state index in [1.54, 1.807) is 7.11 Å². The van der Waals surface area contributed by atoms with Gasteiger partial charge in [0.25, 0.3) is 0 Å². The first-order valence-corrected chi connectivity index (χ1v) is 17.2. The molecule has 2 fully saturated rings. The lowest BCUT2D eigenvalue weighted by Crippen LogP contribution is -2.35. The van der Waals surface area contributed by atoms with E-state index in [2.05, 4.69) is 36.8 Å². The van der Waals surface area contributed by atoms with Gasteiger partial charge in [-0.1, -0.05) is 65.7 Å². The molecule has 10 nitrogen and oxygen atoms in total. The van der Waals surface area contributed by atoms with Crippen LogP contribution >= 0.6 is 23.2 Å². The molecule has 3 aromatic heterocycles. The van der Waals surface area contributed by atoms with Crippen LogP contribution in [0.15, 0.2) is 73.1 Å². The van der Waals surface area contributed by atoms with Gasteiger partial charge in [-0.15, -0.1) is 0 Å². The fourth-order valence-corrected chi connectivity index (χ4v) is 7.23. The lowest BCUT2D eigenvalue weighted by molar-refractivity contribution is -0.120. The third-order valence-corrected chi connectivity index (χ3v) is 9.98. The Morgan fingerprint density at radius 1 is 0.816 bits per heavy atom. The fourth-order valence-electron chi connectivity index (χ4n) is 6.57. The summed E-state index contributed by atoms with van der Waals surface area (Å²) < 4.78 is 7.72. The number of halogens is 2. The molecular weight excluding hydrogens is 661 g/mol. The predicted molar refractivity (Wildman–Crippen MR) is 192 cm³/mol. The number of methoxy groups -OCH3 is 1. The smallest absolute Gasteiger partial charge is 0.220 e. The van der Waals surface area contributed by atoms with Crippen molar-refractivity contribution >= 4 is 40.7 Å². The molecule has 5 aromatic rings. The average molecular weight is 699 g/mol. The van der Waals surface area contributed by atoms with Crippen molar-refractivity contribution in [3.8, 4) is 39.4 Å². The van der Waals surface area contributed by atoms with Crippen LogP contribution in [0, 0.1) is 0 Å². The number of hydrogen-bond acceptors (Lipinski definition) is 7. The van der Waals surface area contributed by atoms with Crippen LogP contribution in [0.25, 0.3) is 39.2 Å². The van der Waals surface area contributed by atoms with E-state index in [0.29, 0.717) is 60.6 Å². The second-order valence-corrected chi connectivity index (χ2v) is 13.2. The van der Waals surface area contributed by atoms with Crippen molar-refractivity contribution in [1.29, 1.82) is 0 Å². The summed E-state index contributed by atoms with van der Waals surface area (Å²) in [5, 5.41) is 14.0. The van der Waals surface area contributed by atoms with Gasteiger partial charge in [0.2, 0.25) is 17.7 Å². The molecule has 252 valence electrons. The number of hydrogen-bond donors (Lipinski definition) is 4. The minimum atomic E-state index is 0.102. The van der Waals surface area contributed by atoms with Crippen molar-refractivity contribution in [2.45, 2.75) is 50.9 Å². The van der Waals surface area contributed by atoms with Crippen molar-refractivity contribution in [2.24, 2.45) is 0 Å². The van der Waals surface area contributed by atoms with Gasteiger partial charge in [-0.25, -0.2) is 9.97 Å². The molecule has 2 amide bonds. The lowest BCUT2D eigenvalue weighted by atomic mass is 9.97. The Balaban J connectivity index is 1.11. The second-order valence-electron chi connectivity index (χ2n) is 12.5. The molecular formula is C37H37Cl2N7O3. The summed E-state index contributed by atoms with van der Waals surface area (Å²) in [6, 6.07) is 20.0. The van der Waals surface area contributed by atoms with Crippen LogP contribution in [-0.4, -0.2) is 58.5 Å². The molecule has 2 aliphatic rings. The van der Waals surface area contributed by atoms with Gasteiger partial charge < -0.3 is 30.4 Å². The van der Waals surface area contributed by atoms with Gasteiger partial charge in [0.1, 0.15) is 5.65 Å². The standard InChI is InChI=1S/C37H37Cl2N7O3/c1-49-37-22(16-40-17-24-10-14-33(47)43-24)8-12-31(45-37)30-7-3-6-29(36(30)39)28-5-2-4-27(35(28)38)23-9-13-32-42-20-26(46(32)21-23)19-41-18-25-11-15-34(48)44-25/h2-9,12-13,20-21,24-25,40-41H,10-11,14-19H2,1H3,(H,43,47)(H,44,48)/t24-,25-/m1/s1. The number of carbonyl (C=O) groups is 2. The Labute approximate surface area is 294 Å². The molecule has 2 aliphatic heterocycles. The summed E-state index contributed by atoms with van der Waals surface area (Å²) in [5.74, 6) is 0.726. The highest BCUT2D eigenvalue weighted by Gasteiger charge is 2.22. The van der Waals surface area contributed by atoms with Gasteiger partial charge in [0.15, 0.2) is 0 Å². The summed E-state index contributed by atoms with van der Waals surface area (Å²) >= 11 is 14.3. The minimum Gasteiger partial charge on any atom is -0.481 e. The van der Waals surface area contributed by atoms with Crippen molar-refractivity contribution in [3.05, 3.63) is 94.4 Å². The summed E-state index contributed by atoms with van der Waals surface area (Å²) in [5.41, 5.74) is 7.63. The van der Waals surface area contributed by atoms with Gasteiger partial charge in [0, 0.05) is 85.1 Å². The number of rotatable bonds is 12. The molecule has 4 N–H and O–H groups in total. The Morgan fingerprint density at radius 2 is 1.45 bits per heavy atom. The van der Waals surface area contributed by atoms with E-state index in [9.17, 15) is 9.59 Å². The zero-order chi connectivity index (χ0) is 33.9. The van der Waals surface area contributed by atoms with Crippen LogP contribution in [0.3, 0.4) is 0 Å². The Hall–Kier alpha value is -4.48. The van der Waals surface area contributed by atoms with Crippen molar-refractivity contribution in [3.63, 3.8) is 0 Å². The molecule has 0 radical (unpaired) electrons. The minimum absolute atomic E-state index is 0.102. The number of ether oxygens (including phenoxy) is 1. The highest BCUT2D eigenvalue weighted by atomic mass is 35.5. The van der Waals surface area contributed by atoms with Crippen LogP contribution in [0.5, 0.6) is 5.88 Å². The van der Waals surface area contributed by atoms with E-state index < -0.39 is 0 Å². The molecule has 0 unspecified atom stereocenters. The number of pyridine rings is 2. The number of fused-ring (bicyclic) bond motifs is 1. The summed E-state index contributed by atoms with van der Waals surface area (Å²) in [6.45, 7) is 2.56. The predicted octanol–water partition coefficient (Wildman–Crippen LogP) is 5.78. The van der Waals surface area contributed by atoms with Crippen LogP contribution < -0.4 is 26.0 Å². The lowest BCUT2D eigenvalue weighted by Gasteiger charge is -2.16. The van der Waals surface area contributed by atoms with Crippen LogP contribution in [0.1, 0.15) is 36.9 Å². The zero-order valence-electron chi connectivity index (χ0n) is 27.1. The average Bonchev–Trinajstić information content (AvgIpc) is 3.84. The molecule has 7 rings (SSSR count). The van der Waals surface area contributed by atoms with E-state index in [-0.39, 0.29) is 23.9 Å². The van der Waals surface area contributed by atoms with Crippen molar-refractivity contribution < 1.29 is 14.3 Å². The number of aromatic nitrogens is 3. The number of amides is 2. The Kier molecular flexibility index (Phi) is 9.81. The molecule has 0 bridgehead atoms. The molecule has 2 saturated heterocycles. The molecule has 2 atom stereocenters. The fraction of sp³-hybridized carbons (Fsp3) is 0.297. The second kappa shape index (κ2) is 14.6. The molecule has 49 heavy (non-hydrogen) atoms. The largest absolute Gasteiger partial charge is 0.481 e. The van der Waals surface area contributed by atoms with Crippen molar-refractivity contribution in [2.75, 3.05) is 20.2 Å². The molecule has 0 spiro atoms. The van der Waals surface area contributed by atoms with E-state index >= 15 is 0 Å². The van der Waals surface area contributed by atoms with Gasteiger partial charge >= 0.3 is 0 Å². The van der Waals surface area contributed by atoms with E-state index in [4.69, 9.17) is 32.9 Å². The quantitative estimate of drug-likeness (QED) is 0.130. The zero-order valence-corrected chi connectivity index (χ0v) is 28.6. The Morgan fingerprint density at radius 3 is 2.10 bits per heavy atom. The maximum Gasteiger partial charge on any atom is 0.220 e. The first kappa shape index (κ1) is 33.0. The highest BCUT2D eigenvalue weighted by Crippen LogP contribution is 2.42.